The summed E-state index contributed by atoms with van der Waals surface area (Å²) in [6.45, 7) is 4.50. The Labute approximate surface area is 66.0 Å². The normalized spacial score (nSPS) is 10.2. The first-order chi connectivity index (χ1) is 4.91. The molecule has 0 aromatic carbocycles. The van der Waals surface area contributed by atoms with Gasteiger partial charge in [0.2, 0.25) is 0 Å². The molecule has 0 amide bonds. The maximum absolute atomic E-state index is 2.43. The van der Waals surface area contributed by atoms with Crippen molar-refractivity contribution < 1.29 is 0 Å². The minimum Gasteiger partial charge on any atom is -0.0654 e. The summed E-state index contributed by atoms with van der Waals surface area (Å²) < 4.78 is 0. The Morgan fingerprint density at radius 2 is 1.60 bits per heavy atom. The van der Waals surface area contributed by atoms with Crippen LogP contribution in [0.1, 0.15) is 58.8 Å². The number of hydrogen-bond acceptors (Lipinski definition) is 0. The van der Waals surface area contributed by atoms with Gasteiger partial charge in [-0.1, -0.05) is 58.8 Å². The second kappa shape index (κ2) is 9.00. The van der Waals surface area contributed by atoms with Crippen LogP contribution in [-0.2, 0) is 0 Å². The van der Waals surface area contributed by atoms with E-state index >= 15 is 0 Å². The fraction of sp³-hybridized carbons (Fsp3) is 0.900. The minimum atomic E-state index is 1.31. The molecule has 0 spiro atoms. The smallest absolute Gasteiger partial charge is 0.0386 e. The summed E-state index contributed by atoms with van der Waals surface area (Å²) >= 11 is 0. The zero-order chi connectivity index (χ0) is 7.66. The van der Waals surface area contributed by atoms with Crippen molar-refractivity contribution in [3.63, 3.8) is 0 Å². The molecular formula is C10H21. The summed E-state index contributed by atoms with van der Waals surface area (Å²) in [6.07, 6.45) is 12.0. The molecule has 0 atom stereocenters. The van der Waals surface area contributed by atoms with Crippen LogP contribution in [0.3, 0.4) is 0 Å². The van der Waals surface area contributed by atoms with Gasteiger partial charge in [-0.3, -0.25) is 0 Å². The van der Waals surface area contributed by atoms with E-state index in [2.05, 4.69) is 20.3 Å². The average Bonchev–Trinajstić information content (AvgIpc) is 1.97. The molecule has 0 aromatic rings. The summed E-state index contributed by atoms with van der Waals surface area (Å²) in [5.41, 5.74) is 0. The van der Waals surface area contributed by atoms with Crippen LogP contribution in [0, 0.1) is 6.42 Å². The van der Waals surface area contributed by atoms with Crippen LogP contribution in [0.5, 0.6) is 0 Å². The third-order valence-electron chi connectivity index (χ3n) is 1.75. The van der Waals surface area contributed by atoms with Crippen LogP contribution in [0.2, 0.25) is 0 Å². The van der Waals surface area contributed by atoms with Crippen LogP contribution in [-0.4, -0.2) is 0 Å². The molecule has 0 aromatic heterocycles. The average molecular weight is 141 g/mol. The molecule has 0 saturated heterocycles. The molecule has 61 valence electrons. The molecule has 10 heavy (non-hydrogen) atoms. The van der Waals surface area contributed by atoms with Gasteiger partial charge < -0.3 is 0 Å². The van der Waals surface area contributed by atoms with Crippen LogP contribution < -0.4 is 0 Å². The van der Waals surface area contributed by atoms with Gasteiger partial charge in [-0.05, 0) is 6.42 Å². The third-order valence-corrected chi connectivity index (χ3v) is 1.75. The lowest BCUT2D eigenvalue weighted by atomic mass is 10.1. The van der Waals surface area contributed by atoms with Crippen LogP contribution in [0.15, 0.2) is 0 Å². The molecule has 0 aliphatic carbocycles. The number of rotatable bonds is 7. The Bertz CT molecular complexity index is 40.0. The molecule has 0 bridgehead atoms. The van der Waals surface area contributed by atoms with Crippen molar-refractivity contribution in [2.75, 3.05) is 0 Å². The van der Waals surface area contributed by atoms with Crippen molar-refractivity contribution in [2.45, 2.75) is 58.8 Å². The van der Waals surface area contributed by atoms with Crippen LogP contribution in [0.25, 0.3) is 0 Å². The van der Waals surface area contributed by atoms with Crippen molar-refractivity contribution in [1.29, 1.82) is 0 Å². The second-order valence-corrected chi connectivity index (χ2v) is 2.93. The molecule has 0 heteroatoms. The fourth-order valence-electron chi connectivity index (χ4n) is 1.06. The predicted octanol–water partition coefficient (Wildman–Crippen LogP) is 3.96. The first kappa shape index (κ1) is 10.0. The summed E-state index contributed by atoms with van der Waals surface area (Å²) in [4.78, 5) is 0. The van der Waals surface area contributed by atoms with Gasteiger partial charge in [0, 0.05) is 0 Å². The monoisotopic (exact) mass is 141 g/mol. The third kappa shape index (κ3) is 8.00. The van der Waals surface area contributed by atoms with E-state index in [1.165, 1.54) is 44.9 Å². The number of unbranched alkanes of at least 4 members (excludes halogenated alkanes) is 7. The summed E-state index contributed by atoms with van der Waals surface area (Å²) in [7, 11) is 0. The van der Waals surface area contributed by atoms with E-state index < -0.39 is 0 Å². The molecule has 1 radical (unpaired) electrons. The van der Waals surface area contributed by atoms with Crippen molar-refractivity contribution in [2.24, 2.45) is 0 Å². The van der Waals surface area contributed by atoms with Gasteiger partial charge in [-0.25, -0.2) is 0 Å². The molecule has 0 heterocycles. The van der Waals surface area contributed by atoms with Crippen LogP contribution in [0.4, 0.5) is 0 Å². The minimum absolute atomic E-state index is 1.31. The zero-order valence-electron chi connectivity index (χ0n) is 7.53. The van der Waals surface area contributed by atoms with Gasteiger partial charge in [-0.15, -0.1) is 0 Å². The Kier molecular flexibility index (Phi) is 9.00. The van der Waals surface area contributed by atoms with E-state index in [1.807, 2.05) is 0 Å². The maximum atomic E-state index is 2.43. The van der Waals surface area contributed by atoms with Crippen molar-refractivity contribution in [3.8, 4) is 0 Å². The Balaban J connectivity index is 2.65. The first-order valence-electron chi connectivity index (χ1n) is 4.73. The Morgan fingerprint density at radius 3 is 2.20 bits per heavy atom. The predicted molar refractivity (Wildman–Crippen MR) is 48.0 cm³/mol. The van der Waals surface area contributed by atoms with Crippen LogP contribution >= 0.6 is 0 Å². The SMILES string of the molecule is CCC[CH]CCCCCC. The lowest BCUT2D eigenvalue weighted by molar-refractivity contribution is 0.649. The molecule has 0 rings (SSSR count). The van der Waals surface area contributed by atoms with E-state index in [-0.39, 0.29) is 0 Å². The lowest BCUT2D eigenvalue weighted by Gasteiger charge is -1.97. The highest BCUT2D eigenvalue weighted by atomic mass is 13.9. The molecule has 0 fully saturated rings. The molecule has 0 aliphatic rings. The fourth-order valence-corrected chi connectivity index (χ4v) is 1.06. The highest BCUT2D eigenvalue weighted by Gasteiger charge is 1.87. The van der Waals surface area contributed by atoms with E-state index in [4.69, 9.17) is 0 Å². The quantitative estimate of drug-likeness (QED) is 0.471. The van der Waals surface area contributed by atoms with Crippen molar-refractivity contribution >= 4 is 0 Å². The summed E-state index contributed by atoms with van der Waals surface area (Å²) in [5, 5.41) is 0. The first-order valence-corrected chi connectivity index (χ1v) is 4.73. The maximum Gasteiger partial charge on any atom is -0.0386 e. The Hall–Kier alpha value is 0. The van der Waals surface area contributed by atoms with E-state index in [0.717, 1.165) is 0 Å². The summed E-state index contributed by atoms with van der Waals surface area (Å²) in [6, 6.07) is 0. The van der Waals surface area contributed by atoms with Gasteiger partial charge in [0.25, 0.3) is 0 Å². The molecule has 0 saturated carbocycles. The van der Waals surface area contributed by atoms with Gasteiger partial charge >= 0.3 is 0 Å². The van der Waals surface area contributed by atoms with Crippen molar-refractivity contribution in [1.82, 2.24) is 0 Å². The topological polar surface area (TPSA) is 0 Å². The lowest BCUT2D eigenvalue weighted by Crippen LogP contribution is -1.78. The van der Waals surface area contributed by atoms with E-state index in [9.17, 15) is 0 Å². The highest BCUT2D eigenvalue weighted by Crippen LogP contribution is 2.06. The zero-order valence-corrected chi connectivity index (χ0v) is 7.53. The van der Waals surface area contributed by atoms with E-state index in [1.54, 1.807) is 0 Å². The molecule has 0 N–H and O–H groups in total. The standard InChI is InChI=1S/C10H21/c1-3-5-7-9-10-8-6-4-2/h7H,3-6,8-10H2,1-2H3. The Morgan fingerprint density at radius 1 is 0.800 bits per heavy atom. The molecule has 0 unspecified atom stereocenters. The van der Waals surface area contributed by atoms with Gasteiger partial charge in [0.1, 0.15) is 0 Å². The second-order valence-electron chi connectivity index (χ2n) is 2.93. The largest absolute Gasteiger partial charge is 0.0654 e. The molecule has 0 aliphatic heterocycles. The molecular weight excluding hydrogens is 120 g/mol. The van der Waals surface area contributed by atoms with Gasteiger partial charge in [0.05, 0.1) is 0 Å². The van der Waals surface area contributed by atoms with E-state index in [0.29, 0.717) is 0 Å². The summed E-state index contributed by atoms with van der Waals surface area (Å²) in [5.74, 6) is 0. The van der Waals surface area contributed by atoms with Gasteiger partial charge in [-0.2, -0.15) is 0 Å². The van der Waals surface area contributed by atoms with Gasteiger partial charge in [0.15, 0.2) is 0 Å². The van der Waals surface area contributed by atoms with Crippen molar-refractivity contribution in [3.05, 3.63) is 6.42 Å². The molecule has 0 nitrogen and oxygen atoms in total. The number of hydrogen-bond donors (Lipinski definition) is 0. The highest BCUT2D eigenvalue weighted by molar-refractivity contribution is 4.62.